The molecule has 1 aromatic rings. The monoisotopic (exact) mass is 361 g/mol. The number of amides is 1. The average molecular weight is 361 g/mol. The van der Waals surface area contributed by atoms with Gasteiger partial charge in [0.15, 0.2) is 0 Å². The number of benzene rings is 1. The number of piperidine rings is 1. The fourth-order valence-electron chi connectivity index (χ4n) is 3.71. The summed E-state index contributed by atoms with van der Waals surface area (Å²) in [6, 6.07) is 6.21. The lowest BCUT2D eigenvalue weighted by Gasteiger charge is -2.36. The van der Waals surface area contributed by atoms with Gasteiger partial charge in [-0.1, -0.05) is 38.5 Å². The van der Waals surface area contributed by atoms with Crippen molar-refractivity contribution >= 4 is 11.9 Å². The Balaban J connectivity index is 2.33. The first-order valence-corrected chi connectivity index (χ1v) is 9.21. The van der Waals surface area contributed by atoms with Gasteiger partial charge in [0.2, 0.25) is 5.91 Å². The Kier molecular flexibility index (Phi) is 6.57. The highest BCUT2D eigenvalue weighted by Crippen LogP contribution is 2.31. The second-order valence-electron chi connectivity index (χ2n) is 7.41. The number of aliphatic carboxylic acids is 1. The van der Waals surface area contributed by atoms with Crippen molar-refractivity contribution in [1.82, 2.24) is 4.90 Å². The first-order valence-electron chi connectivity index (χ1n) is 9.21. The Morgan fingerprint density at radius 1 is 1.27 bits per heavy atom. The maximum absolute atomic E-state index is 13.3. The third-order valence-electron chi connectivity index (χ3n) is 5.32. The third-order valence-corrected chi connectivity index (χ3v) is 5.32. The summed E-state index contributed by atoms with van der Waals surface area (Å²) in [5, 5.41) is 9.38. The first-order chi connectivity index (χ1) is 12.2. The highest BCUT2D eigenvalue weighted by Gasteiger charge is 2.34. The van der Waals surface area contributed by atoms with E-state index in [1.54, 1.807) is 17.0 Å². The highest BCUT2D eigenvalue weighted by atomic mass is 19.1. The summed E-state index contributed by atoms with van der Waals surface area (Å²) in [6.07, 6.45) is 1.33. The number of carbonyl (C=O) groups is 2. The molecule has 3 atom stereocenters. The fourth-order valence-corrected chi connectivity index (χ4v) is 3.71. The Labute approximate surface area is 154 Å². The van der Waals surface area contributed by atoms with Crippen LogP contribution in [0, 0.1) is 17.7 Å². The van der Waals surface area contributed by atoms with Crippen molar-refractivity contribution < 1.29 is 19.1 Å². The van der Waals surface area contributed by atoms with Crippen molar-refractivity contribution in [2.24, 2.45) is 11.8 Å². The molecule has 3 unspecified atom stereocenters. The van der Waals surface area contributed by atoms with E-state index >= 15 is 0 Å². The standard InChI is InChI=1S/C21H28FNO3/c1-5-14(3)19(15(4)16-6-8-18(22)9-7-16)20(24)23-11-13(2)10-17(12-23)21(25)26/h6-9,13,15,17H,5,10-12H2,1-4H3,(H,25,26)/b19-14-. The van der Waals surface area contributed by atoms with Crippen LogP contribution in [0.15, 0.2) is 35.4 Å². The number of carboxylic acid groups (broad SMARTS) is 1. The minimum atomic E-state index is -0.848. The second-order valence-corrected chi connectivity index (χ2v) is 7.41. The molecule has 4 nitrogen and oxygen atoms in total. The number of halogens is 1. The van der Waals surface area contributed by atoms with Crippen LogP contribution < -0.4 is 0 Å². The average Bonchev–Trinajstić information content (AvgIpc) is 2.61. The lowest BCUT2D eigenvalue weighted by molar-refractivity contribution is -0.146. The quantitative estimate of drug-likeness (QED) is 0.799. The summed E-state index contributed by atoms with van der Waals surface area (Å²) in [6.45, 7) is 8.68. The molecule has 142 valence electrons. The molecule has 0 aliphatic carbocycles. The molecule has 0 spiro atoms. The molecule has 1 aromatic carbocycles. The van der Waals surface area contributed by atoms with E-state index < -0.39 is 11.9 Å². The van der Waals surface area contributed by atoms with Gasteiger partial charge >= 0.3 is 5.97 Å². The molecule has 0 bridgehead atoms. The van der Waals surface area contributed by atoms with E-state index in [4.69, 9.17) is 0 Å². The summed E-state index contributed by atoms with van der Waals surface area (Å²) in [4.78, 5) is 26.4. The van der Waals surface area contributed by atoms with Gasteiger partial charge < -0.3 is 10.0 Å². The smallest absolute Gasteiger partial charge is 0.308 e. The summed E-state index contributed by atoms with van der Waals surface area (Å²) >= 11 is 0. The van der Waals surface area contributed by atoms with Crippen LogP contribution in [-0.4, -0.2) is 35.0 Å². The predicted octanol–water partition coefficient (Wildman–Crippen LogP) is 4.22. The van der Waals surface area contributed by atoms with Crippen molar-refractivity contribution in [2.75, 3.05) is 13.1 Å². The van der Waals surface area contributed by atoms with Crippen LogP contribution in [-0.2, 0) is 9.59 Å². The molecular formula is C21H28FNO3. The van der Waals surface area contributed by atoms with E-state index in [-0.39, 0.29) is 30.1 Å². The van der Waals surface area contributed by atoms with Crippen LogP contribution >= 0.6 is 0 Å². The number of allylic oxidation sites excluding steroid dienone is 1. The summed E-state index contributed by atoms with van der Waals surface area (Å²) in [7, 11) is 0. The van der Waals surface area contributed by atoms with Crippen molar-refractivity contribution in [3.05, 3.63) is 46.8 Å². The van der Waals surface area contributed by atoms with Crippen molar-refractivity contribution in [1.29, 1.82) is 0 Å². The van der Waals surface area contributed by atoms with Crippen LogP contribution in [0.4, 0.5) is 4.39 Å². The van der Waals surface area contributed by atoms with Crippen LogP contribution in [0.5, 0.6) is 0 Å². The first kappa shape index (κ1) is 20.1. The van der Waals surface area contributed by atoms with Crippen molar-refractivity contribution in [2.45, 2.75) is 46.5 Å². The zero-order valence-electron chi connectivity index (χ0n) is 16.0. The largest absolute Gasteiger partial charge is 0.481 e. The molecule has 2 rings (SSSR count). The molecule has 0 saturated carbocycles. The number of carbonyl (C=O) groups excluding carboxylic acids is 1. The van der Waals surface area contributed by atoms with Crippen LogP contribution in [0.2, 0.25) is 0 Å². The van der Waals surface area contributed by atoms with E-state index in [9.17, 15) is 19.1 Å². The summed E-state index contributed by atoms with van der Waals surface area (Å²) in [5.41, 5.74) is 2.55. The van der Waals surface area contributed by atoms with E-state index in [1.165, 1.54) is 12.1 Å². The molecule has 1 aliphatic rings. The van der Waals surface area contributed by atoms with Crippen molar-refractivity contribution in [3.8, 4) is 0 Å². The maximum Gasteiger partial charge on any atom is 0.308 e. The molecule has 1 N–H and O–H groups in total. The third kappa shape index (κ3) is 4.51. The van der Waals surface area contributed by atoms with Gasteiger partial charge in [0, 0.05) is 24.6 Å². The number of likely N-dealkylation sites (tertiary alicyclic amines) is 1. The Bertz CT molecular complexity index is 696. The normalized spacial score (nSPS) is 22.6. The van der Waals surface area contributed by atoms with Gasteiger partial charge in [0.25, 0.3) is 0 Å². The number of rotatable bonds is 5. The van der Waals surface area contributed by atoms with Gasteiger partial charge in [0.05, 0.1) is 5.92 Å². The fraction of sp³-hybridized carbons (Fsp3) is 0.524. The molecule has 1 aliphatic heterocycles. The number of nitrogens with zero attached hydrogens (tertiary/aromatic N) is 1. The minimum absolute atomic E-state index is 0.0982. The predicted molar refractivity (Wildman–Crippen MR) is 99.3 cm³/mol. The Hall–Kier alpha value is -2.17. The molecule has 0 radical (unpaired) electrons. The molecular weight excluding hydrogens is 333 g/mol. The molecule has 0 aromatic heterocycles. The Morgan fingerprint density at radius 2 is 1.88 bits per heavy atom. The number of hydrogen-bond donors (Lipinski definition) is 1. The summed E-state index contributed by atoms with van der Waals surface area (Å²) < 4.78 is 13.2. The minimum Gasteiger partial charge on any atom is -0.481 e. The SMILES string of the molecule is CC/C(C)=C(\C(=O)N1CC(C)CC(C(=O)O)C1)C(C)c1ccc(F)cc1. The molecule has 26 heavy (non-hydrogen) atoms. The van der Waals surface area contributed by atoms with E-state index in [0.717, 1.165) is 17.6 Å². The molecule has 1 saturated heterocycles. The van der Waals surface area contributed by atoms with Crippen LogP contribution in [0.25, 0.3) is 0 Å². The molecule has 1 heterocycles. The second kappa shape index (κ2) is 8.47. The molecule has 5 heteroatoms. The molecule has 1 amide bonds. The van der Waals surface area contributed by atoms with Crippen LogP contribution in [0.1, 0.15) is 52.0 Å². The number of hydrogen-bond acceptors (Lipinski definition) is 2. The van der Waals surface area contributed by atoms with E-state index in [2.05, 4.69) is 0 Å². The van der Waals surface area contributed by atoms with Crippen molar-refractivity contribution in [3.63, 3.8) is 0 Å². The lowest BCUT2D eigenvalue weighted by Crippen LogP contribution is -2.46. The Morgan fingerprint density at radius 3 is 2.42 bits per heavy atom. The van der Waals surface area contributed by atoms with Gasteiger partial charge in [0.1, 0.15) is 5.82 Å². The number of carboxylic acids is 1. The van der Waals surface area contributed by atoms with Gasteiger partial charge in [-0.15, -0.1) is 0 Å². The zero-order valence-corrected chi connectivity index (χ0v) is 16.0. The van der Waals surface area contributed by atoms with Crippen LogP contribution in [0.3, 0.4) is 0 Å². The topological polar surface area (TPSA) is 57.6 Å². The van der Waals surface area contributed by atoms with Gasteiger partial charge in [-0.3, -0.25) is 9.59 Å². The lowest BCUT2D eigenvalue weighted by atomic mass is 9.85. The maximum atomic E-state index is 13.3. The highest BCUT2D eigenvalue weighted by molar-refractivity contribution is 5.96. The van der Waals surface area contributed by atoms with Gasteiger partial charge in [-0.25, -0.2) is 4.39 Å². The van der Waals surface area contributed by atoms with Gasteiger partial charge in [-0.05, 0) is 43.4 Å². The van der Waals surface area contributed by atoms with Gasteiger partial charge in [-0.2, -0.15) is 0 Å². The summed E-state index contributed by atoms with van der Waals surface area (Å²) in [5.74, 6) is -1.80. The van der Waals surface area contributed by atoms with E-state index in [0.29, 0.717) is 18.5 Å². The molecule has 1 fully saturated rings. The van der Waals surface area contributed by atoms with E-state index in [1.807, 2.05) is 27.7 Å². The zero-order chi connectivity index (χ0) is 19.4.